The molecule has 1 aliphatic carbocycles. The number of nitrogens with zero attached hydrogens (tertiary/aromatic N) is 1. The molecule has 0 aromatic carbocycles. The fourth-order valence-electron chi connectivity index (χ4n) is 3.01. The van der Waals surface area contributed by atoms with Gasteiger partial charge >= 0.3 is 0 Å². The fraction of sp³-hybridized carbons (Fsp3) is 0.643. The molecule has 1 N–H and O–H groups in total. The van der Waals surface area contributed by atoms with E-state index in [1.165, 1.54) is 16.9 Å². The maximum absolute atomic E-state index is 12.1. The maximum Gasteiger partial charge on any atom is 0.236 e. The van der Waals surface area contributed by atoms with Gasteiger partial charge in [-0.25, -0.2) is 0 Å². The molecule has 104 valence electrons. The molecule has 1 saturated heterocycles. The second-order valence-corrected chi connectivity index (χ2v) is 7.11. The Kier molecular flexibility index (Phi) is 4.10. The molecule has 1 aliphatic heterocycles. The lowest BCUT2D eigenvalue weighted by molar-refractivity contribution is -0.131. The fourth-order valence-corrected chi connectivity index (χ4v) is 4.36. The molecule has 1 atom stereocenters. The molecule has 1 aromatic heterocycles. The second-order valence-electron chi connectivity index (χ2n) is 5.34. The Balaban J connectivity index is 1.54. The van der Waals surface area contributed by atoms with Crippen molar-refractivity contribution in [3.63, 3.8) is 0 Å². The van der Waals surface area contributed by atoms with Crippen molar-refractivity contribution < 1.29 is 4.79 Å². The first-order chi connectivity index (χ1) is 9.24. The molecule has 19 heavy (non-hydrogen) atoms. The Labute approximate surface area is 122 Å². The van der Waals surface area contributed by atoms with Crippen LogP contribution in [-0.4, -0.2) is 30.4 Å². The third-order valence-electron chi connectivity index (χ3n) is 4.06. The van der Waals surface area contributed by atoms with Gasteiger partial charge in [0.15, 0.2) is 0 Å². The van der Waals surface area contributed by atoms with Gasteiger partial charge in [0.2, 0.25) is 5.91 Å². The Hall–Kier alpha value is -0.580. The summed E-state index contributed by atoms with van der Waals surface area (Å²) in [5.74, 6) is 0.245. The highest BCUT2D eigenvalue weighted by molar-refractivity contribution is 7.16. The van der Waals surface area contributed by atoms with Gasteiger partial charge in [0.25, 0.3) is 0 Å². The Morgan fingerprint density at radius 2 is 2.21 bits per heavy atom. The number of carbonyl (C=O) groups excluding carboxylic acids is 1. The largest absolute Gasteiger partial charge is 0.342 e. The van der Waals surface area contributed by atoms with Gasteiger partial charge in [-0.05, 0) is 43.7 Å². The number of piperidine rings is 1. The Morgan fingerprint density at radius 3 is 3.00 bits per heavy atom. The van der Waals surface area contributed by atoms with Crippen LogP contribution in [0.4, 0.5) is 0 Å². The van der Waals surface area contributed by atoms with Crippen LogP contribution in [0.3, 0.4) is 0 Å². The molecule has 0 radical (unpaired) electrons. The van der Waals surface area contributed by atoms with Crippen LogP contribution < -0.4 is 5.32 Å². The van der Waals surface area contributed by atoms with E-state index in [4.69, 9.17) is 11.6 Å². The first kappa shape index (κ1) is 13.4. The summed E-state index contributed by atoms with van der Waals surface area (Å²) in [4.78, 5) is 15.5. The van der Waals surface area contributed by atoms with Crippen LogP contribution in [0, 0.1) is 0 Å². The molecule has 0 saturated carbocycles. The van der Waals surface area contributed by atoms with Gasteiger partial charge in [-0.1, -0.05) is 11.6 Å². The number of aryl methyl sites for hydroxylation is 1. The van der Waals surface area contributed by atoms with Gasteiger partial charge < -0.3 is 10.2 Å². The van der Waals surface area contributed by atoms with Crippen molar-refractivity contribution in [1.29, 1.82) is 0 Å². The topological polar surface area (TPSA) is 32.3 Å². The van der Waals surface area contributed by atoms with Crippen molar-refractivity contribution in [3.05, 3.63) is 20.8 Å². The zero-order chi connectivity index (χ0) is 13.2. The zero-order valence-electron chi connectivity index (χ0n) is 11.0. The molecule has 2 aliphatic rings. The van der Waals surface area contributed by atoms with E-state index in [0.717, 1.165) is 43.1 Å². The predicted octanol–water partition coefficient (Wildman–Crippen LogP) is 2.99. The zero-order valence-corrected chi connectivity index (χ0v) is 12.5. The van der Waals surface area contributed by atoms with Crippen molar-refractivity contribution in [2.24, 2.45) is 0 Å². The maximum atomic E-state index is 12.1. The molecule has 2 heterocycles. The summed E-state index contributed by atoms with van der Waals surface area (Å²) in [5, 5.41) is 3.41. The average Bonchev–Trinajstić information content (AvgIpc) is 2.96. The van der Waals surface area contributed by atoms with Gasteiger partial charge in [-0.15, -0.1) is 11.3 Å². The number of rotatable bonds is 3. The second kappa shape index (κ2) is 5.81. The molecule has 1 aromatic rings. The number of fused-ring (bicyclic) bond motifs is 1. The molecule has 0 bridgehead atoms. The van der Waals surface area contributed by atoms with E-state index in [2.05, 4.69) is 11.4 Å². The molecule has 1 unspecified atom stereocenters. The first-order valence-electron chi connectivity index (χ1n) is 7.03. The lowest BCUT2D eigenvalue weighted by atomic mass is 10.1. The highest BCUT2D eigenvalue weighted by Gasteiger charge is 2.26. The van der Waals surface area contributed by atoms with Crippen LogP contribution >= 0.6 is 22.9 Å². The molecule has 1 amide bonds. The smallest absolute Gasteiger partial charge is 0.236 e. The minimum absolute atomic E-state index is 0.245. The third kappa shape index (κ3) is 2.96. The van der Waals surface area contributed by atoms with E-state index in [0.29, 0.717) is 12.6 Å². The summed E-state index contributed by atoms with van der Waals surface area (Å²) in [7, 11) is 0. The van der Waals surface area contributed by atoms with Gasteiger partial charge in [-0.2, -0.15) is 0 Å². The van der Waals surface area contributed by atoms with Crippen LogP contribution in [0.5, 0.6) is 0 Å². The highest BCUT2D eigenvalue weighted by atomic mass is 35.5. The van der Waals surface area contributed by atoms with Gasteiger partial charge in [-0.3, -0.25) is 4.79 Å². The van der Waals surface area contributed by atoms with Crippen LogP contribution in [-0.2, 0) is 11.2 Å². The molecular weight excluding hydrogens is 280 g/mol. The number of carbonyl (C=O) groups is 1. The summed E-state index contributed by atoms with van der Waals surface area (Å²) in [6.07, 6.45) is 5.74. The first-order valence-corrected chi connectivity index (χ1v) is 8.23. The summed E-state index contributed by atoms with van der Waals surface area (Å²) in [6.45, 7) is 2.32. The van der Waals surface area contributed by atoms with E-state index in [1.54, 1.807) is 11.3 Å². The van der Waals surface area contributed by atoms with Gasteiger partial charge in [0.1, 0.15) is 0 Å². The summed E-state index contributed by atoms with van der Waals surface area (Å²) in [5.41, 5.74) is 1.31. The number of halogens is 1. The summed E-state index contributed by atoms with van der Waals surface area (Å²) >= 11 is 7.72. The van der Waals surface area contributed by atoms with Crippen molar-refractivity contribution in [2.45, 2.75) is 38.1 Å². The van der Waals surface area contributed by atoms with Crippen LogP contribution in [0.15, 0.2) is 6.07 Å². The number of hydrogen-bond acceptors (Lipinski definition) is 3. The van der Waals surface area contributed by atoms with Crippen LogP contribution in [0.2, 0.25) is 4.34 Å². The van der Waals surface area contributed by atoms with E-state index in [-0.39, 0.29) is 5.91 Å². The van der Waals surface area contributed by atoms with Crippen molar-refractivity contribution in [3.8, 4) is 0 Å². The van der Waals surface area contributed by atoms with E-state index >= 15 is 0 Å². The Morgan fingerprint density at radius 1 is 1.42 bits per heavy atom. The van der Waals surface area contributed by atoms with Crippen molar-refractivity contribution in [1.82, 2.24) is 10.2 Å². The molecule has 0 spiro atoms. The van der Waals surface area contributed by atoms with Gasteiger partial charge in [0, 0.05) is 24.0 Å². The van der Waals surface area contributed by atoms with E-state index in [1.807, 2.05) is 4.90 Å². The lowest BCUT2D eigenvalue weighted by Crippen LogP contribution is -2.41. The SMILES string of the molecule is O=C(CNC1CCc2sc(Cl)cc21)N1CCCCC1. The highest BCUT2D eigenvalue weighted by Crippen LogP contribution is 2.39. The molecule has 5 heteroatoms. The molecule has 3 nitrogen and oxygen atoms in total. The minimum atomic E-state index is 0.245. The quantitative estimate of drug-likeness (QED) is 0.930. The van der Waals surface area contributed by atoms with E-state index in [9.17, 15) is 4.79 Å². The van der Waals surface area contributed by atoms with Crippen LogP contribution in [0.25, 0.3) is 0 Å². The predicted molar refractivity (Wildman–Crippen MR) is 78.8 cm³/mol. The van der Waals surface area contributed by atoms with Crippen LogP contribution in [0.1, 0.15) is 42.2 Å². The Bertz CT molecular complexity index is 468. The minimum Gasteiger partial charge on any atom is -0.342 e. The third-order valence-corrected chi connectivity index (χ3v) is 5.40. The monoisotopic (exact) mass is 298 g/mol. The molecule has 3 rings (SSSR count). The van der Waals surface area contributed by atoms with Crippen molar-refractivity contribution >= 4 is 28.8 Å². The number of hydrogen-bond donors (Lipinski definition) is 1. The number of amides is 1. The van der Waals surface area contributed by atoms with Gasteiger partial charge in [0.05, 0.1) is 10.9 Å². The number of nitrogens with one attached hydrogen (secondary N) is 1. The average molecular weight is 299 g/mol. The lowest BCUT2D eigenvalue weighted by Gasteiger charge is -2.27. The number of likely N-dealkylation sites (tertiary alicyclic amines) is 1. The summed E-state index contributed by atoms with van der Waals surface area (Å²) in [6, 6.07) is 2.37. The number of thiophene rings is 1. The normalized spacial score (nSPS) is 22.6. The molecular formula is C14H19ClN2OS. The van der Waals surface area contributed by atoms with E-state index < -0.39 is 0 Å². The van der Waals surface area contributed by atoms with Crippen molar-refractivity contribution in [2.75, 3.05) is 19.6 Å². The standard InChI is InChI=1S/C14H19ClN2OS/c15-13-8-10-11(4-5-12(10)19-13)16-9-14(18)17-6-2-1-3-7-17/h8,11,16H,1-7,9H2. The molecule has 1 fully saturated rings. The summed E-state index contributed by atoms with van der Waals surface area (Å²) < 4.78 is 0.860.